The number of nitrogens with zero attached hydrogens (tertiary/aromatic N) is 4. The van der Waals surface area contributed by atoms with Crippen LogP contribution in [0.1, 0.15) is 48.5 Å². The number of aromatic nitrogens is 4. The van der Waals surface area contributed by atoms with Gasteiger partial charge in [-0.05, 0) is 57.4 Å². The molecule has 3 aromatic rings. The standard InChI is InChI=1S/C21H25N5O2/c1-14-18(15(2)28-25-14)11-12-20(27)22-17-9-7-16(8-10-17)21-24-23-19-6-4-3-5-13-26(19)21/h7-10H,3-6,11-13H2,1-2H3,(H,22,27). The van der Waals surface area contributed by atoms with Crippen molar-refractivity contribution >= 4 is 11.6 Å². The van der Waals surface area contributed by atoms with Crippen molar-refractivity contribution in [2.45, 2.75) is 58.9 Å². The van der Waals surface area contributed by atoms with Crippen LogP contribution in [0.25, 0.3) is 11.4 Å². The molecule has 0 bridgehead atoms. The maximum Gasteiger partial charge on any atom is 0.224 e. The third-order valence-electron chi connectivity index (χ3n) is 5.32. The van der Waals surface area contributed by atoms with Gasteiger partial charge in [0.1, 0.15) is 11.6 Å². The van der Waals surface area contributed by atoms with Crippen molar-refractivity contribution < 1.29 is 9.32 Å². The molecule has 28 heavy (non-hydrogen) atoms. The van der Waals surface area contributed by atoms with Gasteiger partial charge in [-0.25, -0.2) is 0 Å². The monoisotopic (exact) mass is 379 g/mol. The predicted molar refractivity (Wildman–Crippen MR) is 106 cm³/mol. The Labute approximate surface area is 164 Å². The molecule has 4 rings (SSSR count). The second kappa shape index (κ2) is 7.96. The minimum Gasteiger partial charge on any atom is -0.361 e. The highest BCUT2D eigenvalue weighted by atomic mass is 16.5. The third-order valence-corrected chi connectivity index (χ3v) is 5.32. The second-order valence-corrected chi connectivity index (χ2v) is 7.33. The van der Waals surface area contributed by atoms with Gasteiger partial charge in [0.25, 0.3) is 0 Å². The van der Waals surface area contributed by atoms with Gasteiger partial charge in [-0.1, -0.05) is 11.6 Å². The minimum atomic E-state index is -0.0240. The summed E-state index contributed by atoms with van der Waals surface area (Å²) in [6, 6.07) is 7.82. The van der Waals surface area contributed by atoms with E-state index >= 15 is 0 Å². The zero-order valence-electron chi connectivity index (χ0n) is 16.4. The molecule has 7 nitrogen and oxygen atoms in total. The first kappa shape index (κ1) is 18.4. The van der Waals surface area contributed by atoms with E-state index in [-0.39, 0.29) is 5.91 Å². The van der Waals surface area contributed by atoms with E-state index < -0.39 is 0 Å². The molecule has 0 saturated heterocycles. The SMILES string of the molecule is Cc1noc(C)c1CCC(=O)Nc1ccc(-c2nnc3n2CCCCC3)cc1. The average Bonchev–Trinajstić information content (AvgIpc) is 3.14. The van der Waals surface area contributed by atoms with Crippen molar-refractivity contribution in [3.63, 3.8) is 0 Å². The van der Waals surface area contributed by atoms with Gasteiger partial charge in [-0.15, -0.1) is 10.2 Å². The fourth-order valence-electron chi connectivity index (χ4n) is 3.72. The first-order chi connectivity index (χ1) is 13.6. The van der Waals surface area contributed by atoms with Crippen LogP contribution in [0.15, 0.2) is 28.8 Å². The molecule has 0 saturated carbocycles. The zero-order chi connectivity index (χ0) is 19.5. The molecule has 146 valence electrons. The number of carbonyl (C=O) groups excluding carboxylic acids is 1. The highest BCUT2D eigenvalue weighted by Crippen LogP contribution is 2.24. The van der Waals surface area contributed by atoms with Crippen molar-refractivity contribution in [3.05, 3.63) is 47.1 Å². The second-order valence-electron chi connectivity index (χ2n) is 7.33. The molecule has 0 atom stereocenters. The number of rotatable bonds is 5. The molecule has 1 aliphatic rings. The van der Waals surface area contributed by atoms with E-state index in [9.17, 15) is 4.79 Å². The molecule has 0 aliphatic carbocycles. The number of benzene rings is 1. The minimum absolute atomic E-state index is 0.0240. The van der Waals surface area contributed by atoms with Gasteiger partial charge in [-0.3, -0.25) is 4.79 Å². The molecule has 7 heteroatoms. The summed E-state index contributed by atoms with van der Waals surface area (Å²) in [4.78, 5) is 12.3. The van der Waals surface area contributed by atoms with Crippen molar-refractivity contribution in [1.82, 2.24) is 19.9 Å². The smallest absolute Gasteiger partial charge is 0.224 e. The number of anilines is 1. The van der Waals surface area contributed by atoms with Gasteiger partial charge >= 0.3 is 0 Å². The highest BCUT2D eigenvalue weighted by molar-refractivity contribution is 5.91. The maximum atomic E-state index is 12.3. The van der Waals surface area contributed by atoms with Gasteiger partial charge in [-0.2, -0.15) is 0 Å². The van der Waals surface area contributed by atoms with Gasteiger partial charge in [0.15, 0.2) is 5.82 Å². The first-order valence-electron chi connectivity index (χ1n) is 9.86. The normalized spacial score (nSPS) is 13.8. The Hall–Kier alpha value is -2.96. The fourth-order valence-corrected chi connectivity index (χ4v) is 3.72. The van der Waals surface area contributed by atoms with E-state index in [1.165, 1.54) is 12.8 Å². The lowest BCUT2D eigenvalue weighted by atomic mass is 10.1. The number of hydrogen-bond donors (Lipinski definition) is 1. The molecule has 1 aromatic carbocycles. The van der Waals surface area contributed by atoms with Crippen molar-refractivity contribution in [2.24, 2.45) is 0 Å². The average molecular weight is 379 g/mol. The zero-order valence-corrected chi connectivity index (χ0v) is 16.4. The summed E-state index contributed by atoms with van der Waals surface area (Å²) in [7, 11) is 0. The Morgan fingerprint density at radius 1 is 1.14 bits per heavy atom. The topological polar surface area (TPSA) is 85.8 Å². The van der Waals surface area contributed by atoms with Crippen LogP contribution >= 0.6 is 0 Å². The van der Waals surface area contributed by atoms with E-state index in [2.05, 4.69) is 25.2 Å². The van der Waals surface area contributed by atoms with Crippen LogP contribution in [0.2, 0.25) is 0 Å². The summed E-state index contributed by atoms with van der Waals surface area (Å²) in [6.45, 7) is 4.74. The predicted octanol–water partition coefficient (Wildman–Crippen LogP) is 3.85. The van der Waals surface area contributed by atoms with E-state index in [1.807, 2.05) is 38.1 Å². The Bertz CT molecular complexity index is 952. The van der Waals surface area contributed by atoms with Gasteiger partial charge in [0.2, 0.25) is 5.91 Å². The summed E-state index contributed by atoms with van der Waals surface area (Å²) < 4.78 is 7.37. The maximum absolute atomic E-state index is 12.3. The molecule has 3 heterocycles. The number of fused-ring (bicyclic) bond motifs is 1. The van der Waals surface area contributed by atoms with Gasteiger partial charge < -0.3 is 14.4 Å². The van der Waals surface area contributed by atoms with E-state index in [0.29, 0.717) is 12.8 Å². The Kier molecular flexibility index (Phi) is 5.23. The number of aryl methyl sites for hydroxylation is 3. The molecule has 1 N–H and O–H groups in total. The van der Waals surface area contributed by atoms with Crippen LogP contribution in [0.3, 0.4) is 0 Å². The molecule has 1 aliphatic heterocycles. The molecule has 0 fully saturated rings. The van der Waals surface area contributed by atoms with Crippen LogP contribution in [0, 0.1) is 13.8 Å². The van der Waals surface area contributed by atoms with Gasteiger partial charge in [0, 0.05) is 36.2 Å². The lowest BCUT2D eigenvalue weighted by Gasteiger charge is -2.09. The molecule has 1 amide bonds. The van der Waals surface area contributed by atoms with Crippen molar-refractivity contribution in [3.8, 4) is 11.4 Å². The van der Waals surface area contributed by atoms with Crippen LogP contribution < -0.4 is 5.32 Å². The van der Waals surface area contributed by atoms with Crippen LogP contribution in [-0.4, -0.2) is 25.8 Å². The number of hydrogen-bond acceptors (Lipinski definition) is 5. The van der Waals surface area contributed by atoms with E-state index in [1.54, 1.807) is 0 Å². The highest BCUT2D eigenvalue weighted by Gasteiger charge is 2.16. The molecule has 0 unspecified atom stereocenters. The van der Waals surface area contributed by atoms with Crippen LogP contribution in [0.5, 0.6) is 0 Å². The summed E-state index contributed by atoms with van der Waals surface area (Å²) in [6.07, 6.45) is 5.58. The summed E-state index contributed by atoms with van der Waals surface area (Å²) in [5.74, 6) is 2.74. The number of amides is 1. The molecular formula is C21H25N5O2. The van der Waals surface area contributed by atoms with E-state index in [0.717, 1.165) is 59.3 Å². The Morgan fingerprint density at radius 3 is 2.71 bits per heavy atom. The molecule has 2 aromatic heterocycles. The Morgan fingerprint density at radius 2 is 1.96 bits per heavy atom. The van der Waals surface area contributed by atoms with Crippen molar-refractivity contribution in [2.75, 3.05) is 5.32 Å². The largest absolute Gasteiger partial charge is 0.361 e. The van der Waals surface area contributed by atoms with Crippen LogP contribution in [0.4, 0.5) is 5.69 Å². The quantitative estimate of drug-likeness (QED) is 0.728. The lowest BCUT2D eigenvalue weighted by Crippen LogP contribution is -2.12. The van der Waals surface area contributed by atoms with Crippen LogP contribution in [-0.2, 0) is 24.2 Å². The summed E-state index contributed by atoms with van der Waals surface area (Å²) in [5, 5.41) is 15.6. The molecule has 0 spiro atoms. The van der Waals surface area contributed by atoms with E-state index in [4.69, 9.17) is 4.52 Å². The first-order valence-corrected chi connectivity index (χ1v) is 9.86. The fraction of sp³-hybridized carbons (Fsp3) is 0.429. The van der Waals surface area contributed by atoms with Gasteiger partial charge in [0.05, 0.1) is 5.69 Å². The summed E-state index contributed by atoms with van der Waals surface area (Å²) in [5.41, 5.74) is 3.66. The molecule has 0 radical (unpaired) electrons. The molecular weight excluding hydrogens is 354 g/mol. The van der Waals surface area contributed by atoms with Crippen molar-refractivity contribution in [1.29, 1.82) is 0 Å². The number of carbonyl (C=O) groups is 1. The summed E-state index contributed by atoms with van der Waals surface area (Å²) >= 11 is 0. The lowest BCUT2D eigenvalue weighted by molar-refractivity contribution is -0.116. The number of nitrogens with one attached hydrogen (secondary N) is 1. The Balaban J connectivity index is 1.40. The third kappa shape index (κ3) is 3.83.